The summed E-state index contributed by atoms with van der Waals surface area (Å²) < 4.78 is 5.46. The van der Waals surface area contributed by atoms with E-state index in [0.29, 0.717) is 0 Å². The lowest BCUT2D eigenvalue weighted by Crippen LogP contribution is -2.53. The van der Waals surface area contributed by atoms with Crippen LogP contribution in [0.15, 0.2) is 0 Å². The van der Waals surface area contributed by atoms with Gasteiger partial charge in [0.05, 0.1) is 0 Å². The lowest BCUT2D eigenvalue weighted by Gasteiger charge is -2.44. The molecular weight excluding hydrogens is 200 g/mol. The summed E-state index contributed by atoms with van der Waals surface area (Å²) in [6.07, 6.45) is 5.40. The fourth-order valence-corrected chi connectivity index (χ4v) is 3.45. The molecule has 0 amide bonds. The lowest BCUT2D eigenvalue weighted by atomic mass is 9.81. The van der Waals surface area contributed by atoms with Crippen LogP contribution in [-0.4, -0.2) is 50.3 Å². The van der Waals surface area contributed by atoms with Crippen molar-refractivity contribution in [3.8, 4) is 0 Å². The third-order valence-electron chi connectivity index (χ3n) is 4.68. The summed E-state index contributed by atoms with van der Waals surface area (Å²) in [5.74, 6) is 1.94. The highest BCUT2D eigenvalue weighted by Gasteiger charge is 2.33. The molecule has 16 heavy (non-hydrogen) atoms. The Kier molecular flexibility index (Phi) is 3.46. The van der Waals surface area contributed by atoms with Crippen LogP contribution in [0.2, 0.25) is 0 Å². The number of hydrogen-bond donors (Lipinski definition) is 1. The highest BCUT2D eigenvalue weighted by molar-refractivity contribution is 4.88. The van der Waals surface area contributed by atoms with Crippen molar-refractivity contribution in [3.05, 3.63) is 0 Å². The maximum absolute atomic E-state index is 5.46. The van der Waals surface area contributed by atoms with E-state index in [1.165, 1.54) is 51.9 Å². The SMILES string of the molecule is C1CC(C2CNC2)CN(C2CCOCC2)C1. The van der Waals surface area contributed by atoms with E-state index in [1.54, 1.807) is 0 Å². The van der Waals surface area contributed by atoms with E-state index >= 15 is 0 Å². The number of ether oxygens (including phenoxy) is 1. The number of likely N-dealkylation sites (tertiary alicyclic amines) is 1. The van der Waals surface area contributed by atoms with Gasteiger partial charge < -0.3 is 10.1 Å². The number of piperidine rings is 1. The Hall–Kier alpha value is -0.120. The minimum absolute atomic E-state index is 0.824. The summed E-state index contributed by atoms with van der Waals surface area (Å²) in [6.45, 7) is 7.20. The number of nitrogens with zero attached hydrogens (tertiary/aromatic N) is 1. The van der Waals surface area contributed by atoms with Gasteiger partial charge in [-0.25, -0.2) is 0 Å². The minimum atomic E-state index is 0.824. The van der Waals surface area contributed by atoms with Gasteiger partial charge in [0.15, 0.2) is 0 Å². The van der Waals surface area contributed by atoms with Crippen LogP contribution in [0.5, 0.6) is 0 Å². The molecule has 0 aliphatic carbocycles. The molecule has 0 saturated carbocycles. The standard InChI is InChI=1S/C13H24N2O/c1-2-11(12-8-14-9-12)10-15(5-1)13-3-6-16-7-4-13/h11-14H,1-10H2. The second-order valence-electron chi connectivity index (χ2n) is 5.66. The van der Waals surface area contributed by atoms with E-state index in [9.17, 15) is 0 Å². The topological polar surface area (TPSA) is 24.5 Å². The second kappa shape index (κ2) is 5.03. The first-order valence-corrected chi connectivity index (χ1v) is 6.96. The molecule has 3 heteroatoms. The van der Waals surface area contributed by atoms with Gasteiger partial charge in [0.1, 0.15) is 0 Å². The van der Waals surface area contributed by atoms with E-state index in [-0.39, 0.29) is 0 Å². The molecule has 3 aliphatic heterocycles. The van der Waals surface area contributed by atoms with Crippen LogP contribution in [-0.2, 0) is 4.74 Å². The van der Waals surface area contributed by atoms with Crippen molar-refractivity contribution >= 4 is 0 Å². The van der Waals surface area contributed by atoms with Crippen LogP contribution in [0.1, 0.15) is 25.7 Å². The predicted octanol–water partition coefficient (Wildman–Crippen LogP) is 1.10. The Bertz CT molecular complexity index is 224. The van der Waals surface area contributed by atoms with Crippen molar-refractivity contribution in [1.29, 1.82) is 0 Å². The van der Waals surface area contributed by atoms with Crippen molar-refractivity contribution < 1.29 is 4.74 Å². The van der Waals surface area contributed by atoms with Crippen LogP contribution in [0.25, 0.3) is 0 Å². The Balaban J connectivity index is 1.54. The molecule has 0 bridgehead atoms. The Labute approximate surface area is 98.5 Å². The Morgan fingerprint density at radius 3 is 2.50 bits per heavy atom. The number of rotatable bonds is 2. The van der Waals surface area contributed by atoms with Crippen molar-refractivity contribution in [2.24, 2.45) is 11.8 Å². The van der Waals surface area contributed by atoms with Gasteiger partial charge in [0, 0.05) is 25.8 Å². The molecule has 0 spiro atoms. The molecule has 3 aliphatic rings. The number of nitrogens with one attached hydrogen (secondary N) is 1. The maximum atomic E-state index is 5.46. The molecule has 0 aromatic heterocycles. The average Bonchev–Trinajstić information content (AvgIpc) is 2.28. The Morgan fingerprint density at radius 1 is 1.00 bits per heavy atom. The zero-order valence-electron chi connectivity index (χ0n) is 10.2. The van der Waals surface area contributed by atoms with Crippen LogP contribution in [0.3, 0.4) is 0 Å². The summed E-state index contributed by atoms with van der Waals surface area (Å²) in [7, 11) is 0. The van der Waals surface area contributed by atoms with Gasteiger partial charge in [-0.2, -0.15) is 0 Å². The van der Waals surface area contributed by atoms with Gasteiger partial charge in [-0.05, 0) is 57.2 Å². The first kappa shape index (κ1) is 11.0. The molecule has 0 aromatic rings. The first-order valence-electron chi connectivity index (χ1n) is 6.96. The molecular formula is C13H24N2O. The van der Waals surface area contributed by atoms with Crippen LogP contribution in [0.4, 0.5) is 0 Å². The maximum Gasteiger partial charge on any atom is 0.0480 e. The van der Waals surface area contributed by atoms with Crippen LogP contribution < -0.4 is 5.32 Å². The smallest absolute Gasteiger partial charge is 0.0480 e. The molecule has 3 heterocycles. The molecule has 3 nitrogen and oxygen atoms in total. The van der Waals surface area contributed by atoms with Gasteiger partial charge >= 0.3 is 0 Å². The Morgan fingerprint density at radius 2 is 1.81 bits per heavy atom. The third kappa shape index (κ3) is 2.27. The normalized spacial score (nSPS) is 34.9. The third-order valence-corrected chi connectivity index (χ3v) is 4.68. The zero-order chi connectivity index (χ0) is 10.8. The summed E-state index contributed by atoms with van der Waals surface area (Å²) in [4.78, 5) is 2.76. The molecule has 3 fully saturated rings. The predicted molar refractivity (Wildman–Crippen MR) is 64.5 cm³/mol. The molecule has 3 saturated heterocycles. The number of hydrogen-bond acceptors (Lipinski definition) is 3. The molecule has 0 radical (unpaired) electrons. The average molecular weight is 224 g/mol. The van der Waals surface area contributed by atoms with Crippen molar-refractivity contribution in [2.45, 2.75) is 31.7 Å². The van der Waals surface area contributed by atoms with Crippen molar-refractivity contribution in [1.82, 2.24) is 10.2 Å². The molecule has 1 atom stereocenters. The molecule has 92 valence electrons. The summed E-state index contributed by atoms with van der Waals surface area (Å²) in [5, 5.41) is 3.41. The zero-order valence-corrected chi connectivity index (χ0v) is 10.2. The highest BCUT2D eigenvalue weighted by Crippen LogP contribution is 2.29. The fourth-order valence-electron chi connectivity index (χ4n) is 3.45. The monoisotopic (exact) mass is 224 g/mol. The van der Waals surface area contributed by atoms with Crippen molar-refractivity contribution in [2.75, 3.05) is 39.4 Å². The van der Waals surface area contributed by atoms with Gasteiger partial charge in [-0.3, -0.25) is 4.90 Å². The highest BCUT2D eigenvalue weighted by atomic mass is 16.5. The minimum Gasteiger partial charge on any atom is -0.381 e. The lowest BCUT2D eigenvalue weighted by molar-refractivity contribution is 0.00678. The van der Waals surface area contributed by atoms with Crippen LogP contribution in [0, 0.1) is 11.8 Å². The van der Waals surface area contributed by atoms with Gasteiger partial charge in [0.2, 0.25) is 0 Å². The van der Waals surface area contributed by atoms with Gasteiger partial charge in [-0.15, -0.1) is 0 Å². The quantitative estimate of drug-likeness (QED) is 0.760. The first-order chi connectivity index (χ1) is 7.93. The molecule has 1 unspecified atom stereocenters. The van der Waals surface area contributed by atoms with Crippen molar-refractivity contribution in [3.63, 3.8) is 0 Å². The molecule has 0 aromatic carbocycles. The summed E-state index contributed by atoms with van der Waals surface area (Å²) >= 11 is 0. The van der Waals surface area contributed by atoms with E-state index in [0.717, 1.165) is 31.1 Å². The fraction of sp³-hybridized carbons (Fsp3) is 1.00. The largest absolute Gasteiger partial charge is 0.381 e. The second-order valence-corrected chi connectivity index (χ2v) is 5.66. The van der Waals surface area contributed by atoms with E-state index < -0.39 is 0 Å². The van der Waals surface area contributed by atoms with E-state index in [1.807, 2.05) is 0 Å². The van der Waals surface area contributed by atoms with E-state index in [2.05, 4.69) is 10.2 Å². The molecule has 3 rings (SSSR count). The van der Waals surface area contributed by atoms with Crippen LogP contribution >= 0.6 is 0 Å². The summed E-state index contributed by atoms with van der Waals surface area (Å²) in [5.41, 5.74) is 0. The summed E-state index contributed by atoms with van der Waals surface area (Å²) in [6, 6.07) is 0.824. The van der Waals surface area contributed by atoms with Gasteiger partial charge in [-0.1, -0.05) is 0 Å². The molecule has 1 N–H and O–H groups in total. The van der Waals surface area contributed by atoms with Gasteiger partial charge in [0.25, 0.3) is 0 Å². The van der Waals surface area contributed by atoms with E-state index in [4.69, 9.17) is 4.74 Å².